The molecule has 0 saturated carbocycles. The van der Waals surface area contributed by atoms with Crippen molar-refractivity contribution in [1.82, 2.24) is 0 Å². The standard InChI is InChI=1S/C26H26O6/c1-14(2)6-9-18-21(31-5)13-22-23(24(18)29)25(30)19(10-7-15(3)4)26(32-22)17-11-8-16(27)12-20(17)28/h6-14,27-29H,3H2,1-2,4-5H3. The van der Waals surface area contributed by atoms with Crippen LogP contribution >= 0.6 is 0 Å². The number of allylic oxidation sites excluding steroid dienone is 3. The summed E-state index contributed by atoms with van der Waals surface area (Å²) in [6.07, 6.45) is 6.76. The Bertz CT molecular complexity index is 1310. The van der Waals surface area contributed by atoms with Gasteiger partial charge in [-0.15, -0.1) is 0 Å². The molecule has 6 heteroatoms. The number of hydrogen-bond donors (Lipinski definition) is 3. The molecule has 2 aromatic carbocycles. The number of aromatic hydroxyl groups is 3. The van der Waals surface area contributed by atoms with Gasteiger partial charge in [0.05, 0.1) is 23.8 Å². The maximum Gasteiger partial charge on any atom is 0.204 e. The topological polar surface area (TPSA) is 100 Å². The lowest BCUT2D eigenvalue weighted by molar-refractivity contribution is 0.406. The molecule has 0 atom stereocenters. The van der Waals surface area contributed by atoms with Crippen LogP contribution in [-0.4, -0.2) is 22.4 Å². The molecule has 0 spiro atoms. The van der Waals surface area contributed by atoms with Crippen molar-refractivity contribution in [3.63, 3.8) is 0 Å². The highest BCUT2D eigenvalue weighted by atomic mass is 16.5. The second-order valence-electron chi connectivity index (χ2n) is 7.87. The van der Waals surface area contributed by atoms with E-state index < -0.39 is 5.43 Å². The molecule has 1 heterocycles. The molecule has 0 fully saturated rings. The Hall–Kier alpha value is -3.93. The van der Waals surface area contributed by atoms with Gasteiger partial charge in [0.15, 0.2) is 0 Å². The number of fused-ring (bicyclic) bond motifs is 1. The maximum atomic E-state index is 13.5. The van der Waals surface area contributed by atoms with Crippen LogP contribution in [0, 0.1) is 5.92 Å². The van der Waals surface area contributed by atoms with Crippen molar-refractivity contribution in [2.75, 3.05) is 7.11 Å². The highest BCUT2D eigenvalue weighted by molar-refractivity contribution is 5.94. The fraction of sp³-hybridized carbons (Fsp3) is 0.192. The van der Waals surface area contributed by atoms with Gasteiger partial charge in [-0.2, -0.15) is 0 Å². The van der Waals surface area contributed by atoms with Crippen molar-refractivity contribution in [3.8, 4) is 34.3 Å². The second kappa shape index (κ2) is 9.06. The molecule has 0 aliphatic rings. The highest BCUT2D eigenvalue weighted by Gasteiger charge is 2.22. The van der Waals surface area contributed by atoms with Crippen molar-refractivity contribution in [2.24, 2.45) is 5.92 Å². The number of hydrogen-bond acceptors (Lipinski definition) is 6. The van der Waals surface area contributed by atoms with Gasteiger partial charge in [0.1, 0.15) is 39.7 Å². The first-order valence-electron chi connectivity index (χ1n) is 10.1. The number of ether oxygens (including phenoxy) is 1. The van der Waals surface area contributed by atoms with Crippen molar-refractivity contribution in [1.29, 1.82) is 0 Å². The minimum absolute atomic E-state index is 0.00223. The van der Waals surface area contributed by atoms with E-state index >= 15 is 0 Å². The van der Waals surface area contributed by atoms with E-state index in [9.17, 15) is 20.1 Å². The molecule has 0 bridgehead atoms. The predicted octanol–water partition coefficient (Wildman–Crippen LogP) is 5.84. The van der Waals surface area contributed by atoms with Gasteiger partial charge in [-0.1, -0.05) is 44.2 Å². The molecule has 0 aliphatic heterocycles. The Labute approximate surface area is 186 Å². The third-order valence-electron chi connectivity index (χ3n) is 4.82. The zero-order chi connectivity index (χ0) is 23.6. The molecular weight excluding hydrogens is 408 g/mol. The van der Waals surface area contributed by atoms with E-state index in [4.69, 9.17) is 9.15 Å². The summed E-state index contributed by atoms with van der Waals surface area (Å²) in [6, 6.07) is 5.51. The third-order valence-corrected chi connectivity index (χ3v) is 4.82. The Morgan fingerprint density at radius 3 is 2.44 bits per heavy atom. The van der Waals surface area contributed by atoms with E-state index in [1.165, 1.54) is 31.4 Å². The SMILES string of the molecule is C=C(C)C=Cc1c(-c2ccc(O)cc2O)oc2cc(OC)c(C=CC(C)C)c(O)c2c1=O. The van der Waals surface area contributed by atoms with Crippen LogP contribution < -0.4 is 10.2 Å². The Balaban J connectivity index is 2.45. The first-order chi connectivity index (χ1) is 15.1. The molecule has 1 aromatic heterocycles. The van der Waals surface area contributed by atoms with Gasteiger partial charge in [-0.3, -0.25) is 4.79 Å². The zero-order valence-corrected chi connectivity index (χ0v) is 18.5. The molecule has 3 N–H and O–H groups in total. The average Bonchev–Trinajstić information content (AvgIpc) is 2.71. The van der Waals surface area contributed by atoms with Crippen LogP contribution in [-0.2, 0) is 0 Å². The monoisotopic (exact) mass is 434 g/mol. The molecule has 0 radical (unpaired) electrons. The lowest BCUT2D eigenvalue weighted by atomic mass is 10.00. The number of phenolic OH excluding ortho intramolecular Hbond substituents is 3. The fourth-order valence-corrected chi connectivity index (χ4v) is 3.25. The molecule has 0 amide bonds. The van der Waals surface area contributed by atoms with E-state index in [1.54, 1.807) is 19.1 Å². The van der Waals surface area contributed by atoms with Crippen molar-refractivity contribution < 1.29 is 24.5 Å². The van der Waals surface area contributed by atoms with Crippen LogP contribution in [0.1, 0.15) is 31.9 Å². The molecule has 32 heavy (non-hydrogen) atoms. The number of rotatable bonds is 6. The molecule has 0 saturated heterocycles. The maximum absolute atomic E-state index is 13.5. The summed E-state index contributed by atoms with van der Waals surface area (Å²) in [6.45, 7) is 9.57. The summed E-state index contributed by atoms with van der Waals surface area (Å²) in [5.41, 5.74) is 1.03. The lowest BCUT2D eigenvalue weighted by Gasteiger charge is -2.14. The van der Waals surface area contributed by atoms with E-state index in [-0.39, 0.29) is 51.0 Å². The molecular formula is C26H26O6. The largest absolute Gasteiger partial charge is 0.508 e. The summed E-state index contributed by atoms with van der Waals surface area (Å²) in [7, 11) is 1.46. The van der Waals surface area contributed by atoms with Crippen LogP contribution in [0.4, 0.5) is 0 Å². The van der Waals surface area contributed by atoms with E-state index in [1.807, 2.05) is 19.9 Å². The van der Waals surface area contributed by atoms with Crippen molar-refractivity contribution >= 4 is 23.1 Å². The predicted molar refractivity (Wildman–Crippen MR) is 127 cm³/mol. The molecule has 0 unspecified atom stereocenters. The van der Waals surface area contributed by atoms with Gasteiger partial charge in [0.2, 0.25) is 5.43 Å². The van der Waals surface area contributed by atoms with Crippen LogP contribution in [0.15, 0.2) is 57.8 Å². The van der Waals surface area contributed by atoms with Crippen LogP contribution in [0.3, 0.4) is 0 Å². The van der Waals surface area contributed by atoms with E-state index in [0.29, 0.717) is 16.9 Å². The normalized spacial score (nSPS) is 11.8. The van der Waals surface area contributed by atoms with Gasteiger partial charge in [0.25, 0.3) is 0 Å². The van der Waals surface area contributed by atoms with Gasteiger partial charge >= 0.3 is 0 Å². The number of methoxy groups -OCH3 is 1. The molecule has 6 nitrogen and oxygen atoms in total. The zero-order valence-electron chi connectivity index (χ0n) is 18.5. The molecule has 0 aliphatic carbocycles. The number of phenols is 3. The minimum atomic E-state index is -0.481. The van der Waals surface area contributed by atoms with Gasteiger partial charge in [-0.25, -0.2) is 0 Å². The average molecular weight is 434 g/mol. The Morgan fingerprint density at radius 2 is 1.84 bits per heavy atom. The van der Waals surface area contributed by atoms with E-state index in [2.05, 4.69) is 6.58 Å². The molecule has 166 valence electrons. The summed E-state index contributed by atoms with van der Waals surface area (Å²) in [4.78, 5) is 13.5. The van der Waals surface area contributed by atoms with Crippen LogP contribution in [0.5, 0.6) is 23.0 Å². The number of benzene rings is 2. The minimum Gasteiger partial charge on any atom is -0.508 e. The van der Waals surface area contributed by atoms with Crippen molar-refractivity contribution in [3.05, 3.63) is 69.9 Å². The summed E-state index contributed by atoms with van der Waals surface area (Å²) in [5, 5.41) is 31.0. The lowest BCUT2D eigenvalue weighted by Crippen LogP contribution is -2.09. The van der Waals surface area contributed by atoms with Crippen LogP contribution in [0.2, 0.25) is 0 Å². The fourth-order valence-electron chi connectivity index (χ4n) is 3.25. The summed E-state index contributed by atoms with van der Waals surface area (Å²) >= 11 is 0. The highest BCUT2D eigenvalue weighted by Crippen LogP contribution is 2.40. The molecule has 3 rings (SSSR count). The second-order valence-corrected chi connectivity index (χ2v) is 7.87. The van der Waals surface area contributed by atoms with Gasteiger partial charge in [0, 0.05) is 12.1 Å². The van der Waals surface area contributed by atoms with E-state index in [0.717, 1.165) is 6.07 Å². The van der Waals surface area contributed by atoms with Crippen molar-refractivity contribution in [2.45, 2.75) is 20.8 Å². The smallest absolute Gasteiger partial charge is 0.204 e. The third kappa shape index (κ3) is 4.39. The Kier molecular flexibility index (Phi) is 6.44. The van der Waals surface area contributed by atoms with Crippen LogP contribution in [0.25, 0.3) is 34.4 Å². The first-order valence-corrected chi connectivity index (χ1v) is 10.1. The summed E-state index contributed by atoms with van der Waals surface area (Å²) < 4.78 is 11.4. The summed E-state index contributed by atoms with van der Waals surface area (Å²) in [5.74, 6) is 0.00149. The quantitative estimate of drug-likeness (QED) is 0.421. The Morgan fingerprint density at radius 1 is 1.12 bits per heavy atom. The van der Waals surface area contributed by atoms with Gasteiger partial charge < -0.3 is 24.5 Å². The van der Waals surface area contributed by atoms with Gasteiger partial charge in [-0.05, 0) is 31.1 Å². The first kappa shape index (κ1) is 22.7. The molecule has 3 aromatic rings.